The van der Waals surface area contributed by atoms with Crippen LogP contribution in [0.3, 0.4) is 0 Å². The molecule has 0 saturated heterocycles. The molecule has 7 atom stereocenters. The summed E-state index contributed by atoms with van der Waals surface area (Å²) in [4.78, 5) is 0. The molecule has 0 radical (unpaired) electrons. The lowest BCUT2D eigenvalue weighted by atomic mass is 9.43. The largest absolute Gasteiger partial charge is 0.389 e. The average molecular weight is 370 g/mol. The highest BCUT2D eigenvalue weighted by Gasteiger charge is 2.66. The van der Waals surface area contributed by atoms with Crippen LogP contribution in [-0.2, 0) is 0 Å². The van der Waals surface area contributed by atoms with Gasteiger partial charge in [0.15, 0.2) is 0 Å². The Morgan fingerprint density at radius 3 is 2.59 bits per heavy atom. The summed E-state index contributed by atoms with van der Waals surface area (Å²) < 4.78 is 0. The van der Waals surface area contributed by atoms with Crippen LogP contribution in [-0.4, -0.2) is 16.9 Å². The Kier molecular flexibility index (Phi) is 4.94. The van der Waals surface area contributed by atoms with Gasteiger partial charge in [-0.1, -0.05) is 38.8 Å². The van der Waals surface area contributed by atoms with Crippen molar-refractivity contribution in [1.82, 2.24) is 0 Å². The lowest BCUT2D eigenvalue weighted by molar-refractivity contribution is -0.203. The van der Waals surface area contributed by atoms with E-state index >= 15 is 0 Å². The lowest BCUT2D eigenvalue weighted by Gasteiger charge is -2.63. The molecule has 0 aliphatic heterocycles. The highest BCUT2D eigenvalue weighted by molar-refractivity contribution is 5.76. The fourth-order valence-corrected chi connectivity index (χ4v) is 8.17. The Morgan fingerprint density at radius 1 is 1.04 bits per heavy atom. The molecular weight excluding hydrogens is 330 g/mol. The summed E-state index contributed by atoms with van der Waals surface area (Å²) in [5.74, 6) is 2.50. The molecule has 27 heavy (non-hydrogen) atoms. The minimum atomic E-state index is -0.510. The quantitative estimate of drug-likeness (QED) is 0.443. The van der Waals surface area contributed by atoms with Crippen LogP contribution in [0.15, 0.2) is 24.3 Å². The second kappa shape index (κ2) is 6.87. The van der Waals surface area contributed by atoms with Crippen LogP contribution in [0.5, 0.6) is 0 Å². The molecule has 4 aliphatic rings. The SMILES string of the molecule is C=CCC(C=N)=CC1CC[C@@]2(O)[C@@H]3CCC4CCCC[C@]4(C)[C@@H]3CC[C@]12C. The summed E-state index contributed by atoms with van der Waals surface area (Å²) in [6, 6.07) is 0. The first-order valence-electron chi connectivity index (χ1n) is 11.4. The smallest absolute Gasteiger partial charge is 0.0737 e. The van der Waals surface area contributed by atoms with Crippen molar-refractivity contribution in [3.63, 3.8) is 0 Å². The molecule has 0 aromatic rings. The van der Waals surface area contributed by atoms with Crippen molar-refractivity contribution in [3.05, 3.63) is 24.3 Å². The van der Waals surface area contributed by atoms with Gasteiger partial charge in [0.2, 0.25) is 0 Å². The van der Waals surface area contributed by atoms with Crippen LogP contribution in [0.2, 0.25) is 0 Å². The van der Waals surface area contributed by atoms with Crippen molar-refractivity contribution < 1.29 is 5.11 Å². The number of fused-ring (bicyclic) bond motifs is 5. The first-order valence-corrected chi connectivity index (χ1v) is 11.4. The van der Waals surface area contributed by atoms with Gasteiger partial charge < -0.3 is 10.5 Å². The van der Waals surface area contributed by atoms with E-state index in [1.807, 2.05) is 6.08 Å². The van der Waals surface area contributed by atoms with Gasteiger partial charge in [-0.25, -0.2) is 0 Å². The molecule has 2 nitrogen and oxygen atoms in total. The van der Waals surface area contributed by atoms with Crippen LogP contribution in [0, 0.1) is 39.9 Å². The number of aliphatic hydroxyl groups is 1. The second-order valence-electron chi connectivity index (χ2n) is 10.6. The van der Waals surface area contributed by atoms with Crippen molar-refractivity contribution >= 4 is 6.21 Å². The number of nitrogens with one attached hydrogen (secondary N) is 1. The van der Waals surface area contributed by atoms with E-state index in [0.29, 0.717) is 23.2 Å². The Labute approximate surface area is 166 Å². The number of allylic oxidation sites excluding steroid dienone is 3. The maximum atomic E-state index is 12.1. The normalized spacial score (nSPS) is 49.7. The number of hydrogen-bond acceptors (Lipinski definition) is 2. The molecule has 0 aromatic carbocycles. The lowest BCUT2D eigenvalue weighted by Crippen LogP contribution is -2.61. The zero-order valence-electron chi connectivity index (χ0n) is 17.5. The molecule has 2 N–H and O–H groups in total. The van der Waals surface area contributed by atoms with E-state index in [4.69, 9.17) is 5.41 Å². The van der Waals surface area contributed by atoms with E-state index in [0.717, 1.165) is 37.2 Å². The highest BCUT2D eigenvalue weighted by Crippen LogP contribution is 2.69. The average Bonchev–Trinajstić information content (AvgIpc) is 2.92. The summed E-state index contributed by atoms with van der Waals surface area (Å²) >= 11 is 0. The molecule has 2 unspecified atom stereocenters. The topological polar surface area (TPSA) is 44.1 Å². The van der Waals surface area contributed by atoms with Gasteiger partial charge in [-0.2, -0.15) is 0 Å². The summed E-state index contributed by atoms with van der Waals surface area (Å²) in [7, 11) is 0. The third-order valence-electron chi connectivity index (χ3n) is 9.82. The van der Waals surface area contributed by atoms with Crippen molar-refractivity contribution in [1.29, 1.82) is 5.41 Å². The first-order chi connectivity index (χ1) is 12.9. The molecule has 4 fully saturated rings. The van der Waals surface area contributed by atoms with Crippen molar-refractivity contribution in [2.45, 2.75) is 90.1 Å². The zero-order chi connectivity index (χ0) is 19.3. The molecule has 2 heteroatoms. The predicted molar refractivity (Wildman–Crippen MR) is 113 cm³/mol. The predicted octanol–water partition coefficient (Wildman–Crippen LogP) is 6.30. The van der Waals surface area contributed by atoms with Crippen LogP contribution in [0.25, 0.3) is 0 Å². The molecule has 0 aromatic heterocycles. The Balaban J connectivity index is 1.64. The minimum absolute atomic E-state index is 0.0263. The first kappa shape index (κ1) is 19.4. The highest BCUT2D eigenvalue weighted by atomic mass is 16.3. The second-order valence-corrected chi connectivity index (χ2v) is 10.6. The molecule has 4 aliphatic carbocycles. The van der Waals surface area contributed by atoms with Crippen molar-refractivity contribution in [2.75, 3.05) is 0 Å². The Bertz CT molecular complexity index is 638. The maximum Gasteiger partial charge on any atom is 0.0737 e. The number of hydrogen-bond donors (Lipinski definition) is 2. The van der Waals surface area contributed by atoms with E-state index in [2.05, 4.69) is 26.5 Å². The monoisotopic (exact) mass is 369 g/mol. The Morgan fingerprint density at radius 2 is 1.85 bits per heavy atom. The van der Waals surface area contributed by atoms with Gasteiger partial charge in [-0.05, 0) is 92.4 Å². The number of rotatable bonds is 4. The molecule has 4 rings (SSSR count). The fraction of sp³-hybridized carbons (Fsp3) is 0.800. The third-order valence-corrected chi connectivity index (χ3v) is 9.82. The molecule has 0 amide bonds. The maximum absolute atomic E-state index is 12.1. The van der Waals surface area contributed by atoms with Gasteiger partial charge in [0.25, 0.3) is 0 Å². The summed E-state index contributed by atoms with van der Waals surface area (Å²) in [6.07, 6.45) is 19.1. The molecule has 4 saturated carbocycles. The fourth-order valence-electron chi connectivity index (χ4n) is 8.17. The molecule has 0 heterocycles. The zero-order valence-corrected chi connectivity index (χ0v) is 17.5. The summed E-state index contributed by atoms with van der Waals surface area (Å²) in [5.41, 5.74) is 0.992. The molecular formula is C25H39NO. The van der Waals surface area contributed by atoms with E-state index in [1.165, 1.54) is 51.2 Å². The van der Waals surface area contributed by atoms with Gasteiger partial charge in [0.05, 0.1) is 5.60 Å². The van der Waals surface area contributed by atoms with Crippen LogP contribution >= 0.6 is 0 Å². The summed E-state index contributed by atoms with van der Waals surface area (Å²) in [6.45, 7) is 8.78. The van der Waals surface area contributed by atoms with E-state index in [9.17, 15) is 5.11 Å². The van der Waals surface area contributed by atoms with Gasteiger partial charge in [0, 0.05) is 11.6 Å². The van der Waals surface area contributed by atoms with Gasteiger partial charge in [0.1, 0.15) is 0 Å². The van der Waals surface area contributed by atoms with E-state index < -0.39 is 5.60 Å². The van der Waals surface area contributed by atoms with E-state index in [1.54, 1.807) is 0 Å². The van der Waals surface area contributed by atoms with Gasteiger partial charge in [-0.15, -0.1) is 6.58 Å². The van der Waals surface area contributed by atoms with Crippen LogP contribution in [0.1, 0.15) is 84.5 Å². The van der Waals surface area contributed by atoms with Crippen LogP contribution in [0.4, 0.5) is 0 Å². The van der Waals surface area contributed by atoms with E-state index in [-0.39, 0.29) is 5.41 Å². The van der Waals surface area contributed by atoms with Gasteiger partial charge in [-0.3, -0.25) is 0 Å². The van der Waals surface area contributed by atoms with Crippen molar-refractivity contribution in [2.24, 2.45) is 34.5 Å². The molecule has 0 bridgehead atoms. The van der Waals surface area contributed by atoms with Crippen LogP contribution < -0.4 is 0 Å². The summed E-state index contributed by atoms with van der Waals surface area (Å²) in [5, 5.41) is 19.9. The Hall–Kier alpha value is -0.890. The third kappa shape index (κ3) is 2.73. The van der Waals surface area contributed by atoms with Gasteiger partial charge >= 0.3 is 0 Å². The van der Waals surface area contributed by atoms with Crippen molar-refractivity contribution in [3.8, 4) is 0 Å². The molecule has 150 valence electrons. The molecule has 0 spiro atoms. The standard InChI is InChI=1S/C25H39NO/c1-4-7-18(17-26)16-20-11-15-25(27)22-10-9-19-8-5-6-13-23(19,2)21(22)12-14-24(20,25)3/h4,16-17,19-22,26-27H,1,5-15H2,2-3H3/t19?,20?,21-,22-,23+,24-,25-/m1/s1. The minimum Gasteiger partial charge on any atom is -0.389 e.